The van der Waals surface area contributed by atoms with Crippen LogP contribution in [0, 0.1) is 12.8 Å². The first kappa shape index (κ1) is 12.0. The smallest absolute Gasteiger partial charge is 0.128 e. The summed E-state index contributed by atoms with van der Waals surface area (Å²) in [5.41, 5.74) is 1.24. The monoisotopic (exact) mass is 245 g/mol. The van der Waals surface area contributed by atoms with Gasteiger partial charge in [0.25, 0.3) is 0 Å². The van der Waals surface area contributed by atoms with Crippen LogP contribution in [0.25, 0.3) is 0 Å². The molecule has 0 bridgehead atoms. The molecule has 2 heterocycles. The van der Waals surface area contributed by atoms with Crippen LogP contribution in [0.3, 0.4) is 0 Å². The Morgan fingerprint density at radius 1 is 1.33 bits per heavy atom. The molecule has 1 saturated carbocycles. The highest BCUT2D eigenvalue weighted by Crippen LogP contribution is 2.23. The average Bonchev–Trinajstić information content (AvgIpc) is 3.22. The minimum atomic E-state index is 0.794. The number of aryl methyl sites for hydroxylation is 1. The van der Waals surface area contributed by atoms with E-state index < -0.39 is 0 Å². The normalized spacial score (nSPS) is 24.3. The van der Waals surface area contributed by atoms with Gasteiger partial charge in [0.2, 0.25) is 0 Å². The van der Waals surface area contributed by atoms with Crippen LogP contribution < -0.4 is 10.2 Å². The van der Waals surface area contributed by atoms with Crippen molar-refractivity contribution in [3.63, 3.8) is 0 Å². The van der Waals surface area contributed by atoms with E-state index in [1.165, 1.54) is 37.8 Å². The third kappa shape index (κ3) is 3.02. The molecule has 0 aromatic carbocycles. The second-order valence-electron chi connectivity index (χ2n) is 5.83. The Labute approximate surface area is 110 Å². The van der Waals surface area contributed by atoms with Crippen molar-refractivity contribution in [1.82, 2.24) is 10.3 Å². The minimum absolute atomic E-state index is 0.794. The summed E-state index contributed by atoms with van der Waals surface area (Å²) in [6, 6.07) is 5.15. The van der Waals surface area contributed by atoms with Crippen LogP contribution >= 0.6 is 0 Å². The molecule has 1 aromatic rings. The van der Waals surface area contributed by atoms with Crippen molar-refractivity contribution >= 4 is 5.82 Å². The van der Waals surface area contributed by atoms with Crippen molar-refractivity contribution in [1.29, 1.82) is 0 Å². The van der Waals surface area contributed by atoms with Crippen LogP contribution in [-0.4, -0.2) is 30.7 Å². The molecule has 2 aliphatic rings. The van der Waals surface area contributed by atoms with Crippen molar-refractivity contribution in [3.8, 4) is 0 Å². The molecule has 3 nitrogen and oxygen atoms in total. The van der Waals surface area contributed by atoms with Crippen LogP contribution in [0.2, 0.25) is 0 Å². The Morgan fingerprint density at radius 2 is 2.22 bits per heavy atom. The molecule has 3 rings (SSSR count). The topological polar surface area (TPSA) is 28.2 Å². The summed E-state index contributed by atoms with van der Waals surface area (Å²) < 4.78 is 0. The summed E-state index contributed by atoms with van der Waals surface area (Å²) in [6.45, 7) is 5.61. The summed E-state index contributed by atoms with van der Waals surface area (Å²) in [7, 11) is 0. The van der Waals surface area contributed by atoms with E-state index in [0.29, 0.717) is 0 Å². The van der Waals surface area contributed by atoms with Crippen molar-refractivity contribution in [2.75, 3.05) is 24.5 Å². The second kappa shape index (κ2) is 5.27. The lowest BCUT2D eigenvalue weighted by Crippen LogP contribution is -2.40. The third-order valence-corrected chi connectivity index (χ3v) is 4.01. The molecule has 0 amide bonds. The molecule has 0 radical (unpaired) electrons. The lowest BCUT2D eigenvalue weighted by molar-refractivity contribution is 0.389. The summed E-state index contributed by atoms with van der Waals surface area (Å²) in [6.07, 6.45) is 7.40. The molecule has 1 unspecified atom stereocenters. The molecule has 98 valence electrons. The first-order valence-corrected chi connectivity index (χ1v) is 7.22. The predicted octanol–water partition coefficient (Wildman–Crippen LogP) is 2.36. The number of piperidine rings is 1. The summed E-state index contributed by atoms with van der Waals surface area (Å²) >= 11 is 0. The van der Waals surface area contributed by atoms with E-state index in [-0.39, 0.29) is 0 Å². The molecular weight excluding hydrogens is 222 g/mol. The largest absolute Gasteiger partial charge is 0.356 e. The lowest BCUT2D eigenvalue weighted by atomic mass is 9.98. The summed E-state index contributed by atoms with van der Waals surface area (Å²) in [5, 5.41) is 3.66. The van der Waals surface area contributed by atoms with E-state index in [1.807, 2.05) is 6.20 Å². The fourth-order valence-corrected chi connectivity index (χ4v) is 2.71. The molecular formula is C15H23N3. The number of nitrogens with one attached hydrogen (secondary N) is 1. The first-order chi connectivity index (χ1) is 8.81. The molecule has 1 saturated heterocycles. The Bertz CT molecular complexity index is 383. The maximum Gasteiger partial charge on any atom is 0.128 e. The fourth-order valence-electron chi connectivity index (χ4n) is 2.71. The van der Waals surface area contributed by atoms with Gasteiger partial charge in [0.15, 0.2) is 0 Å². The van der Waals surface area contributed by atoms with Gasteiger partial charge in [-0.15, -0.1) is 0 Å². The number of nitrogens with zero attached hydrogens (tertiary/aromatic N) is 2. The number of anilines is 1. The van der Waals surface area contributed by atoms with Crippen LogP contribution in [0.5, 0.6) is 0 Å². The van der Waals surface area contributed by atoms with E-state index in [9.17, 15) is 0 Å². The standard InChI is InChI=1S/C15H23N3/c1-12-4-7-15(17-9-12)18-8-2-3-13(11-18)10-16-14-5-6-14/h4,7,9,13-14,16H,2-3,5-6,8,10-11H2,1H3. The van der Waals surface area contributed by atoms with Gasteiger partial charge in [0.1, 0.15) is 5.82 Å². The maximum absolute atomic E-state index is 4.55. The van der Waals surface area contributed by atoms with Gasteiger partial charge >= 0.3 is 0 Å². The average molecular weight is 245 g/mol. The first-order valence-electron chi connectivity index (χ1n) is 7.22. The quantitative estimate of drug-likeness (QED) is 0.882. The SMILES string of the molecule is Cc1ccc(N2CCCC(CNC3CC3)C2)nc1. The van der Waals surface area contributed by atoms with Crippen molar-refractivity contribution in [2.24, 2.45) is 5.92 Å². The van der Waals surface area contributed by atoms with Crippen molar-refractivity contribution in [3.05, 3.63) is 23.9 Å². The van der Waals surface area contributed by atoms with Crippen LogP contribution in [0.4, 0.5) is 5.82 Å². The van der Waals surface area contributed by atoms with Gasteiger partial charge in [0.05, 0.1) is 0 Å². The van der Waals surface area contributed by atoms with Gasteiger partial charge in [-0.3, -0.25) is 0 Å². The van der Waals surface area contributed by atoms with E-state index in [2.05, 4.69) is 34.3 Å². The summed E-state index contributed by atoms with van der Waals surface area (Å²) in [5.74, 6) is 1.94. The lowest BCUT2D eigenvalue weighted by Gasteiger charge is -2.33. The van der Waals surface area contributed by atoms with Crippen LogP contribution in [0.1, 0.15) is 31.2 Å². The van der Waals surface area contributed by atoms with E-state index in [0.717, 1.165) is 30.9 Å². The molecule has 2 fully saturated rings. The Morgan fingerprint density at radius 3 is 2.94 bits per heavy atom. The predicted molar refractivity (Wildman–Crippen MR) is 74.9 cm³/mol. The summed E-state index contributed by atoms with van der Waals surface area (Å²) in [4.78, 5) is 7.00. The third-order valence-electron chi connectivity index (χ3n) is 4.01. The highest BCUT2D eigenvalue weighted by Gasteiger charge is 2.25. The van der Waals surface area contributed by atoms with Crippen molar-refractivity contribution in [2.45, 2.75) is 38.6 Å². The highest BCUT2D eigenvalue weighted by molar-refractivity contribution is 5.39. The number of pyridine rings is 1. The van der Waals surface area contributed by atoms with E-state index >= 15 is 0 Å². The van der Waals surface area contributed by atoms with Crippen LogP contribution in [0.15, 0.2) is 18.3 Å². The molecule has 1 aliphatic heterocycles. The van der Waals surface area contributed by atoms with E-state index in [4.69, 9.17) is 0 Å². The van der Waals surface area contributed by atoms with Gasteiger partial charge in [-0.25, -0.2) is 4.98 Å². The molecule has 1 aromatic heterocycles. The molecule has 3 heteroatoms. The Hall–Kier alpha value is -1.09. The number of aromatic nitrogens is 1. The minimum Gasteiger partial charge on any atom is -0.356 e. The molecule has 1 atom stereocenters. The zero-order valence-electron chi connectivity index (χ0n) is 11.2. The molecule has 18 heavy (non-hydrogen) atoms. The number of hydrogen-bond donors (Lipinski definition) is 1. The molecule has 1 N–H and O–H groups in total. The second-order valence-corrected chi connectivity index (χ2v) is 5.83. The zero-order valence-corrected chi connectivity index (χ0v) is 11.2. The number of rotatable bonds is 4. The highest BCUT2D eigenvalue weighted by atomic mass is 15.2. The zero-order chi connectivity index (χ0) is 12.4. The molecule has 0 spiro atoms. The fraction of sp³-hybridized carbons (Fsp3) is 0.667. The Kier molecular flexibility index (Phi) is 3.50. The van der Waals surface area contributed by atoms with Gasteiger partial charge in [-0.2, -0.15) is 0 Å². The van der Waals surface area contributed by atoms with Gasteiger partial charge in [-0.05, 0) is 56.7 Å². The molecule has 1 aliphatic carbocycles. The number of hydrogen-bond acceptors (Lipinski definition) is 3. The van der Waals surface area contributed by atoms with Gasteiger partial charge in [0, 0.05) is 25.3 Å². The van der Waals surface area contributed by atoms with Gasteiger partial charge in [-0.1, -0.05) is 6.07 Å². The van der Waals surface area contributed by atoms with Crippen LogP contribution in [-0.2, 0) is 0 Å². The van der Waals surface area contributed by atoms with Crippen molar-refractivity contribution < 1.29 is 0 Å². The maximum atomic E-state index is 4.55. The van der Waals surface area contributed by atoms with E-state index in [1.54, 1.807) is 0 Å². The Balaban J connectivity index is 1.56. The van der Waals surface area contributed by atoms with Gasteiger partial charge < -0.3 is 10.2 Å².